The third kappa shape index (κ3) is 5.59. The molecule has 7 nitrogen and oxygen atoms in total. The van der Waals surface area contributed by atoms with E-state index in [0.717, 1.165) is 18.4 Å². The Hall–Kier alpha value is -3.42. The van der Waals surface area contributed by atoms with Gasteiger partial charge in [0.25, 0.3) is 5.91 Å². The number of hydrogen-bond acceptors (Lipinski definition) is 3. The van der Waals surface area contributed by atoms with Gasteiger partial charge in [-0.3, -0.25) is 9.59 Å². The van der Waals surface area contributed by atoms with Crippen LogP contribution in [0.4, 0.5) is 14.9 Å². The molecule has 1 saturated carbocycles. The SMILES string of the molecule is O=C(Nc1cccc(C(=O)N2CCN(C(=O)Cc3ccc(F)cc3)CC2)c1)NC1CC1. The molecule has 4 rings (SSSR count). The molecule has 2 aliphatic rings. The predicted octanol–water partition coefficient (Wildman–Crippen LogP) is 2.64. The number of amides is 4. The van der Waals surface area contributed by atoms with Crippen molar-refractivity contribution in [3.8, 4) is 0 Å². The fourth-order valence-corrected chi connectivity index (χ4v) is 3.54. The number of nitrogens with one attached hydrogen (secondary N) is 2. The summed E-state index contributed by atoms with van der Waals surface area (Å²) in [6.45, 7) is 1.78. The molecule has 0 radical (unpaired) electrons. The zero-order chi connectivity index (χ0) is 21.8. The Balaban J connectivity index is 1.29. The number of hydrogen-bond donors (Lipinski definition) is 2. The van der Waals surface area contributed by atoms with Gasteiger partial charge in [-0.1, -0.05) is 18.2 Å². The van der Waals surface area contributed by atoms with E-state index in [1.807, 2.05) is 0 Å². The summed E-state index contributed by atoms with van der Waals surface area (Å²) in [4.78, 5) is 40.8. The first kappa shape index (κ1) is 20.8. The molecule has 2 N–H and O–H groups in total. The zero-order valence-electron chi connectivity index (χ0n) is 17.1. The molecule has 31 heavy (non-hydrogen) atoms. The van der Waals surface area contributed by atoms with Crippen molar-refractivity contribution in [1.82, 2.24) is 15.1 Å². The summed E-state index contributed by atoms with van der Waals surface area (Å²) < 4.78 is 13.0. The Kier molecular flexibility index (Phi) is 6.16. The standard InChI is InChI=1S/C23H25FN4O3/c24-18-6-4-16(5-7-18)14-21(29)27-10-12-28(13-11-27)22(30)17-2-1-3-20(15-17)26-23(31)25-19-8-9-19/h1-7,15,19H,8-14H2,(H2,25,26,31). The minimum atomic E-state index is -0.328. The fourth-order valence-electron chi connectivity index (χ4n) is 3.54. The topological polar surface area (TPSA) is 81.8 Å². The lowest BCUT2D eigenvalue weighted by atomic mass is 10.1. The van der Waals surface area contributed by atoms with Gasteiger partial charge in [0, 0.05) is 43.5 Å². The molecule has 2 aromatic carbocycles. The van der Waals surface area contributed by atoms with Gasteiger partial charge in [-0.15, -0.1) is 0 Å². The third-order valence-electron chi connectivity index (χ3n) is 5.47. The number of urea groups is 1. The van der Waals surface area contributed by atoms with E-state index in [2.05, 4.69) is 10.6 Å². The van der Waals surface area contributed by atoms with E-state index >= 15 is 0 Å². The maximum atomic E-state index is 13.0. The van der Waals surface area contributed by atoms with Crippen LogP contribution in [0.15, 0.2) is 48.5 Å². The van der Waals surface area contributed by atoms with E-state index in [1.165, 1.54) is 12.1 Å². The van der Waals surface area contributed by atoms with Crippen molar-refractivity contribution in [3.05, 3.63) is 65.5 Å². The molecule has 0 spiro atoms. The molecule has 1 heterocycles. The van der Waals surface area contributed by atoms with E-state index in [1.54, 1.807) is 46.2 Å². The molecular formula is C23H25FN4O3. The molecule has 0 atom stereocenters. The van der Waals surface area contributed by atoms with Crippen LogP contribution in [0.5, 0.6) is 0 Å². The van der Waals surface area contributed by atoms with Gasteiger partial charge < -0.3 is 20.4 Å². The average Bonchev–Trinajstić information content (AvgIpc) is 3.59. The van der Waals surface area contributed by atoms with Gasteiger partial charge in [-0.25, -0.2) is 9.18 Å². The van der Waals surface area contributed by atoms with Crippen LogP contribution in [0.1, 0.15) is 28.8 Å². The van der Waals surface area contributed by atoms with Gasteiger partial charge in [0.1, 0.15) is 5.82 Å². The highest BCUT2D eigenvalue weighted by Gasteiger charge is 2.26. The second-order valence-corrected chi connectivity index (χ2v) is 7.93. The van der Waals surface area contributed by atoms with Crippen molar-refractivity contribution in [2.45, 2.75) is 25.3 Å². The highest BCUT2D eigenvalue weighted by Crippen LogP contribution is 2.19. The quantitative estimate of drug-likeness (QED) is 0.774. The van der Waals surface area contributed by atoms with Crippen LogP contribution >= 0.6 is 0 Å². The van der Waals surface area contributed by atoms with Crippen molar-refractivity contribution < 1.29 is 18.8 Å². The Morgan fingerprint density at radius 3 is 2.29 bits per heavy atom. The van der Waals surface area contributed by atoms with E-state index in [9.17, 15) is 18.8 Å². The van der Waals surface area contributed by atoms with Crippen LogP contribution in [0.3, 0.4) is 0 Å². The highest BCUT2D eigenvalue weighted by molar-refractivity contribution is 5.97. The lowest BCUT2D eigenvalue weighted by molar-refractivity contribution is -0.131. The minimum Gasteiger partial charge on any atom is -0.339 e. The van der Waals surface area contributed by atoms with Gasteiger partial charge in [0.2, 0.25) is 5.91 Å². The normalized spacial score (nSPS) is 16.0. The summed E-state index contributed by atoms with van der Waals surface area (Å²) >= 11 is 0. The van der Waals surface area contributed by atoms with Gasteiger partial charge >= 0.3 is 6.03 Å². The molecule has 8 heteroatoms. The number of carbonyl (C=O) groups excluding carboxylic acids is 3. The number of rotatable bonds is 5. The summed E-state index contributed by atoms with van der Waals surface area (Å²) in [5, 5.41) is 5.61. The van der Waals surface area contributed by atoms with Gasteiger partial charge in [-0.05, 0) is 48.7 Å². The van der Waals surface area contributed by atoms with Crippen LogP contribution in [-0.4, -0.2) is 59.9 Å². The van der Waals surface area contributed by atoms with Crippen molar-refractivity contribution in [3.63, 3.8) is 0 Å². The van der Waals surface area contributed by atoms with Crippen LogP contribution in [-0.2, 0) is 11.2 Å². The smallest absolute Gasteiger partial charge is 0.319 e. The fraction of sp³-hybridized carbons (Fsp3) is 0.348. The van der Waals surface area contributed by atoms with E-state index < -0.39 is 0 Å². The number of halogens is 1. The monoisotopic (exact) mass is 424 g/mol. The molecule has 0 bridgehead atoms. The van der Waals surface area contributed by atoms with Crippen molar-refractivity contribution in [2.24, 2.45) is 0 Å². The molecule has 0 aromatic heterocycles. The second-order valence-electron chi connectivity index (χ2n) is 7.93. The lowest BCUT2D eigenvalue weighted by Crippen LogP contribution is -2.51. The van der Waals surface area contributed by atoms with Gasteiger partial charge in [0.15, 0.2) is 0 Å². The zero-order valence-corrected chi connectivity index (χ0v) is 17.1. The molecule has 162 valence electrons. The summed E-state index contributed by atoms with van der Waals surface area (Å²) in [6, 6.07) is 12.8. The Morgan fingerprint density at radius 2 is 1.61 bits per heavy atom. The molecule has 4 amide bonds. The Labute approximate surface area is 180 Å². The molecule has 0 unspecified atom stereocenters. The third-order valence-corrected chi connectivity index (χ3v) is 5.47. The summed E-state index contributed by atoms with van der Waals surface area (Å²) in [5.74, 6) is -0.491. The maximum absolute atomic E-state index is 13.0. The van der Waals surface area contributed by atoms with Crippen molar-refractivity contribution >= 4 is 23.5 Å². The van der Waals surface area contributed by atoms with Gasteiger partial charge in [-0.2, -0.15) is 0 Å². The number of benzene rings is 2. The van der Waals surface area contributed by atoms with Crippen LogP contribution < -0.4 is 10.6 Å². The predicted molar refractivity (Wildman–Crippen MR) is 114 cm³/mol. The van der Waals surface area contributed by atoms with Crippen molar-refractivity contribution in [2.75, 3.05) is 31.5 Å². The minimum absolute atomic E-state index is 0.0356. The summed E-state index contributed by atoms with van der Waals surface area (Å²) in [5.41, 5.74) is 1.83. The van der Waals surface area contributed by atoms with Gasteiger partial charge in [0.05, 0.1) is 6.42 Å². The van der Waals surface area contributed by atoms with E-state index in [-0.39, 0.29) is 36.1 Å². The average molecular weight is 424 g/mol. The Bertz CT molecular complexity index is 967. The van der Waals surface area contributed by atoms with Crippen molar-refractivity contribution in [1.29, 1.82) is 0 Å². The number of piperazine rings is 1. The first-order valence-electron chi connectivity index (χ1n) is 10.5. The van der Waals surface area contributed by atoms with E-state index in [0.29, 0.717) is 37.4 Å². The van der Waals surface area contributed by atoms with Crippen LogP contribution in [0.25, 0.3) is 0 Å². The molecule has 2 fully saturated rings. The highest BCUT2D eigenvalue weighted by atomic mass is 19.1. The summed E-state index contributed by atoms with van der Waals surface area (Å²) in [6.07, 6.45) is 2.22. The molecular weight excluding hydrogens is 399 g/mol. The number of nitrogens with zero attached hydrogens (tertiary/aromatic N) is 2. The molecule has 1 aliphatic heterocycles. The maximum Gasteiger partial charge on any atom is 0.319 e. The second kappa shape index (κ2) is 9.16. The van der Waals surface area contributed by atoms with Crippen LogP contribution in [0, 0.1) is 5.82 Å². The lowest BCUT2D eigenvalue weighted by Gasteiger charge is -2.35. The molecule has 1 saturated heterocycles. The largest absolute Gasteiger partial charge is 0.339 e. The number of anilines is 1. The number of carbonyl (C=O) groups is 3. The molecule has 1 aliphatic carbocycles. The Morgan fingerprint density at radius 1 is 0.935 bits per heavy atom. The van der Waals surface area contributed by atoms with E-state index in [4.69, 9.17) is 0 Å². The summed E-state index contributed by atoms with van der Waals surface area (Å²) in [7, 11) is 0. The first-order valence-corrected chi connectivity index (χ1v) is 10.5. The molecule has 2 aromatic rings. The first-order chi connectivity index (χ1) is 15.0. The van der Waals surface area contributed by atoms with Crippen LogP contribution in [0.2, 0.25) is 0 Å².